The number of fused-ring (bicyclic) bond motifs is 2. The summed E-state index contributed by atoms with van der Waals surface area (Å²) in [4.78, 5) is 110. The molecule has 0 heterocycles. The number of alkyl halides is 6. The lowest BCUT2D eigenvalue weighted by Crippen LogP contribution is -2.51. The van der Waals surface area contributed by atoms with Crippen LogP contribution < -0.4 is 75.8 Å². The number of guanidine groups is 2. The lowest BCUT2D eigenvalue weighted by molar-refractivity contribution is -0.190. The summed E-state index contributed by atoms with van der Waals surface area (Å²) in [6.07, 6.45) is -10.6. The van der Waals surface area contributed by atoms with Crippen molar-refractivity contribution < 1.29 is 74.2 Å². The molecule has 2 aromatic rings. The molecule has 384 valence electrons. The third kappa shape index (κ3) is 16.2. The molecule has 0 unspecified atom stereocenters. The van der Waals surface area contributed by atoms with Crippen molar-refractivity contribution in [2.75, 3.05) is 49.9 Å². The standard InChI is InChI=1S/C40H52F6N14O10/c1-17(33(65)59-21(31(47)63)5-3-11-57-37(49)50)53-13-15-55-19-7-8-20(56-16-14-54-18(2)34(66)60-22(32(48)64)6-4-12-58-38(51)52)26-25(19)29(61)27-23(69-35(67)39(41,42)43)9-10-24(28(27)30(26)62)70-36(68)40(44,45)46/h7-10,17-18,21-22,53-56H,3-6,11-16H2,1-2H3,(H2,47,63)(H2,48,64)(H,59,65)(H,60,66)(H4,49,50,57)(H4,51,52,58)/t17-,18-,21-,22-/m0/s1. The Morgan fingerprint density at radius 1 is 0.557 bits per heavy atom. The zero-order valence-electron chi connectivity index (χ0n) is 37.4. The second-order valence-electron chi connectivity index (χ2n) is 15.2. The van der Waals surface area contributed by atoms with Gasteiger partial charge < -0.3 is 75.8 Å². The maximum absolute atomic E-state index is 14.5. The SMILES string of the molecule is C[C@H](NCCNc1ccc(NCCN[C@@H](C)C(=O)N[C@@H](CCCN=C(N)N)C(N)=O)c2c1C(=O)c1c(OC(=O)C(F)(F)F)ccc(OC(=O)C(F)(F)F)c1C2=O)C(=O)N[C@@H](CCCN=C(N)N)C(N)=O. The van der Waals surface area contributed by atoms with Crippen molar-refractivity contribution >= 4 is 70.4 Å². The quantitative estimate of drug-likeness (QED) is 0.0106. The number of benzene rings is 2. The Morgan fingerprint density at radius 3 is 1.20 bits per heavy atom. The molecule has 0 saturated carbocycles. The Kier molecular flexibility index (Phi) is 20.2. The maximum atomic E-state index is 14.5. The Balaban J connectivity index is 1.95. The van der Waals surface area contributed by atoms with E-state index in [0.29, 0.717) is 12.1 Å². The Bertz CT molecular complexity index is 2210. The molecule has 4 amide bonds. The summed E-state index contributed by atoms with van der Waals surface area (Å²) in [6.45, 7) is 2.65. The van der Waals surface area contributed by atoms with Crippen LogP contribution in [0.5, 0.6) is 11.5 Å². The number of ether oxygens (including phenoxy) is 2. The predicted octanol–water partition coefficient (Wildman–Crippen LogP) is -1.78. The molecule has 0 aromatic heterocycles. The lowest BCUT2D eigenvalue weighted by atomic mass is 9.81. The number of esters is 2. The number of carbonyl (C=O) groups is 8. The molecule has 30 heteroatoms. The fourth-order valence-corrected chi connectivity index (χ4v) is 6.45. The van der Waals surface area contributed by atoms with Gasteiger partial charge in [0.05, 0.1) is 34.3 Å². The molecule has 4 atom stereocenters. The minimum Gasteiger partial charge on any atom is -0.419 e. The summed E-state index contributed by atoms with van der Waals surface area (Å²) < 4.78 is 89.2. The number of halogens is 6. The van der Waals surface area contributed by atoms with Gasteiger partial charge in [0.15, 0.2) is 11.9 Å². The van der Waals surface area contributed by atoms with Crippen molar-refractivity contribution in [2.45, 2.75) is 76.1 Å². The van der Waals surface area contributed by atoms with E-state index in [0.717, 1.165) is 0 Å². The van der Waals surface area contributed by atoms with E-state index < -0.39 is 117 Å². The van der Waals surface area contributed by atoms with E-state index in [-0.39, 0.29) is 88.2 Å². The summed E-state index contributed by atoms with van der Waals surface area (Å²) in [7, 11) is 0. The highest BCUT2D eigenvalue weighted by Gasteiger charge is 2.46. The van der Waals surface area contributed by atoms with Crippen LogP contribution in [0, 0.1) is 0 Å². The third-order valence-electron chi connectivity index (χ3n) is 9.89. The Morgan fingerprint density at radius 2 is 0.900 bits per heavy atom. The average Bonchev–Trinajstić information content (AvgIpc) is 3.26. The fraction of sp³-hybridized carbons (Fsp3) is 0.450. The Hall–Kier alpha value is -7.76. The minimum absolute atomic E-state index is 0.0879. The summed E-state index contributed by atoms with van der Waals surface area (Å²) >= 11 is 0. The summed E-state index contributed by atoms with van der Waals surface area (Å²) in [6, 6.07) is -0.804. The third-order valence-corrected chi connectivity index (χ3v) is 9.89. The van der Waals surface area contributed by atoms with E-state index >= 15 is 0 Å². The molecule has 1 aliphatic carbocycles. The van der Waals surface area contributed by atoms with Crippen molar-refractivity contribution in [1.29, 1.82) is 0 Å². The molecule has 0 aliphatic heterocycles. The first-order valence-corrected chi connectivity index (χ1v) is 20.9. The minimum atomic E-state index is -5.67. The predicted molar refractivity (Wildman–Crippen MR) is 237 cm³/mol. The molecule has 1 aliphatic rings. The number of hydrogen-bond acceptors (Lipinski definition) is 16. The molecular formula is C40H52F6N14O10. The van der Waals surface area contributed by atoms with Gasteiger partial charge in [-0.3, -0.25) is 38.8 Å². The number of hydrogen-bond donors (Lipinski definition) is 12. The average molecular weight is 1000 g/mol. The van der Waals surface area contributed by atoms with Crippen molar-refractivity contribution in [3.63, 3.8) is 0 Å². The number of nitrogens with zero attached hydrogens (tertiary/aromatic N) is 2. The van der Waals surface area contributed by atoms with E-state index in [1.807, 2.05) is 0 Å². The monoisotopic (exact) mass is 1000 g/mol. The summed E-state index contributed by atoms with van der Waals surface area (Å²) in [5.41, 5.74) is 28.1. The van der Waals surface area contributed by atoms with E-state index in [4.69, 9.17) is 34.4 Å². The summed E-state index contributed by atoms with van der Waals surface area (Å²) in [5.74, 6) is -14.3. The summed E-state index contributed by atoms with van der Waals surface area (Å²) in [5, 5.41) is 16.4. The molecule has 24 nitrogen and oxygen atoms in total. The highest BCUT2D eigenvalue weighted by atomic mass is 19.4. The molecule has 0 radical (unpaired) electrons. The number of ketones is 2. The van der Waals surface area contributed by atoms with Gasteiger partial charge in [-0.05, 0) is 63.8 Å². The normalized spacial score (nSPS) is 13.8. The van der Waals surface area contributed by atoms with Gasteiger partial charge in [0.25, 0.3) is 0 Å². The first-order valence-electron chi connectivity index (χ1n) is 20.9. The smallest absolute Gasteiger partial charge is 0.419 e. The number of amides is 4. The largest absolute Gasteiger partial charge is 0.491 e. The van der Waals surface area contributed by atoms with Crippen LogP contribution in [0.2, 0.25) is 0 Å². The molecule has 0 bridgehead atoms. The zero-order chi connectivity index (χ0) is 52.7. The van der Waals surface area contributed by atoms with Gasteiger partial charge in [-0.25, -0.2) is 9.59 Å². The van der Waals surface area contributed by atoms with Gasteiger partial charge in [-0.1, -0.05) is 0 Å². The number of carbonyl (C=O) groups excluding carboxylic acids is 8. The molecule has 0 fully saturated rings. The van der Waals surface area contributed by atoms with Gasteiger partial charge in [0.2, 0.25) is 35.2 Å². The van der Waals surface area contributed by atoms with Crippen LogP contribution in [0.1, 0.15) is 71.4 Å². The van der Waals surface area contributed by atoms with Gasteiger partial charge in [0.1, 0.15) is 23.6 Å². The van der Waals surface area contributed by atoms with Gasteiger partial charge in [-0.2, -0.15) is 26.3 Å². The van der Waals surface area contributed by atoms with Gasteiger partial charge >= 0.3 is 24.3 Å². The molecule has 2 aromatic carbocycles. The van der Waals surface area contributed by atoms with E-state index in [2.05, 4.69) is 51.4 Å². The molecule has 3 rings (SSSR count). The van der Waals surface area contributed by atoms with Crippen molar-refractivity contribution in [1.82, 2.24) is 21.3 Å². The van der Waals surface area contributed by atoms with E-state index in [1.54, 1.807) is 0 Å². The van der Waals surface area contributed by atoms with Crippen LogP contribution >= 0.6 is 0 Å². The van der Waals surface area contributed by atoms with Crippen molar-refractivity contribution in [3.8, 4) is 11.5 Å². The first-order chi connectivity index (χ1) is 32.6. The van der Waals surface area contributed by atoms with Crippen LogP contribution in [0.4, 0.5) is 37.7 Å². The van der Waals surface area contributed by atoms with Gasteiger partial charge in [-0.15, -0.1) is 0 Å². The number of nitrogens with two attached hydrogens (primary N) is 6. The topological polar surface area (TPSA) is 408 Å². The molecular weight excluding hydrogens is 951 g/mol. The molecule has 0 saturated heterocycles. The number of nitrogens with one attached hydrogen (secondary N) is 6. The Labute approximate surface area is 393 Å². The molecule has 70 heavy (non-hydrogen) atoms. The van der Waals surface area contributed by atoms with E-state index in [1.165, 1.54) is 26.0 Å². The highest BCUT2D eigenvalue weighted by molar-refractivity contribution is 6.33. The molecule has 18 N–H and O–H groups in total. The number of anilines is 2. The number of primary amides is 2. The van der Waals surface area contributed by atoms with Crippen LogP contribution in [-0.2, 0) is 28.8 Å². The van der Waals surface area contributed by atoms with Crippen molar-refractivity contribution in [3.05, 3.63) is 46.5 Å². The van der Waals surface area contributed by atoms with Crippen LogP contribution in [0.3, 0.4) is 0 Å². The lowest BCUT2D eigenvalue weighted by Gasteiger charge is -2.26. The van der Waals surface area contributed by atoms with Crippen LogP contribution in [0.25, 0.3) is 0 Å². The fourth-order valence-electron chi connectivity index (χ4n) is 6.45. The van der Waals surface area contributed by atoms with Crippen LogP contribution in [-0.4, -0.2) is 135 Å². The maximum Gasteiger partial charge on any atom is 0.491 e. The van der Waals surface area contributed by atoms with E-state index in [9.17, 15) is 64.7 Å². The number of rotatable bonds is 26. The van der Waals surface area contributed by atoms with Crippen LogP contribution in [0.15, 0.2) is 34.3 Å². The number of aliphatic imine (C=N–C) groups is 2. The second-order valence-corrected chi connectivity index (χ2v) is 15.2. The second kappa shape index (κ2) is 25.0. The first kappa shape index (κ1) is 56.6. The zero-order valence-corrected chi connectivity index (χ0v) is 37.4. The van der Waals surface area contributed by atoms with Gasteiger partial charge in [0, 0.05) is 50.6 Å². The van der Waals surface area contributed by atoms with Crippen molar-refractivity contribution in [2.24, 2.45) is 44.4 Å². The molecule has 0 spiro atoms. The highest BCUT2D eigenvalue weighted by Crippen LogP contribution is 2.44.